The molecule has 1 amide bonds. The summed E-state index contributed by atoms with van der Waals surface area (Å²) < 4.78 is 15.4. The molecule has 0 saturated heterocycles. The van der Waals surface area contributed by atoms with Crippen molar-refractivity contribution < 1.29 is 18.8 Å². The zero-order valence-electron chi connectivity index (χ0n) is 15.3. The lowest BCUT2D eigenvalue weighted by Crippen LogP contribution is -2.14. The molecule has 0 aliphatic heterocycles. The number of carbonyl (C=O) groups excluding carboxylic acids is 1. The number of nitrogens with one attached hydrogen (secondary N) is 2. The van der Waals surface area contributed by atoms with Crippen molar-refractivity contribution in [3.63, 3.8) is 0 Å². The van der Waals surface area contributed by atoms with Gasteiger partial charge in [0.25, 0.3) is 0 Å². The molecule has 2 heterocycles. The summed E-state index contributed by atoms with van der Waals surface area (Å²) in [7, 11) is 3.13. The van der Waals surface area contributed by atoms with Crippen LogP contribution in [0.2, 0.25) is 0 Å². The number of rotatable bonds is 7. The second-order valence-corrected chi connectivity index (χ2v) is 5.79. The number of carbonyl (C=O) groups is 1. The van der Waals surface area contributed by atoms with E-state index >= 15 is 0 Å². The maximum atomic E-state index is 12.3. The minimum Gasteiger partial charge on any atom is -0.493 e. The third-order valence-corrected chi connectivity index (χ3v) is 3.74. The van der Waals surface area contributed by atoms with Gasteiger partial charge in [-0.15, -0.1) is 0 Å². The van der Waals surface area contributed by atoms with Gasteiger partial charge in [-0.3, -0.25) is 4.79 Å². The molecule has 0 saturated carbocycles. The van der Waals surface area contributed by atoms with Crippen molar-refractivity contribution in [1.82, 2.24) is 10.1 Å². The van der Waals surface area contributed by atoms with Gasteiger partial charge in [-0.25, -0.2) is 4.98 Å². The number of aryl methyl sites for hydroxylation is 1. The molecule has 0 fully saturated rings. The summed E-state index contributed by atoms with van der Waals surface area (Å²) in [6.45, 7) is 1.81. The number of anilines is 3. The van der Waals surface area contributed by atoms with Crippen LogP contribution in [0.3, 0.4) is 0 Å². The smallest absolute Gasteiger partial charge is 0.228 e. The Morgan fingerprint density at radius 3 is 2.52 bits per heavy atom. The highest BCUT2D eigenvalue weighted by Crippen LogP contribution is 2.27. The normalized spacial score (nSPS) is 10.3. The first-order valence-corrected chi connectivity index (χ1v) is 8.24. The second kappa shape index (κ2) is 8.22. The van der Waals surface area contributed by atoms with Gasteiger partial charge in [0.15, 0.2) is 17.3 Å². The molecule has 0 unspecified atom stereocenters. The molecule has 3 rings (SSSR count). The Hall–Kier alpha value is -3.55. The van der Waals surface area contributed by atoms with E-state index in [0.29, 0.717) is 34.6 Å². The molecule has 2 N–H and O–H groups in total. The zero-order chi connectivity index (χ0) is 19.2. The van der Waals surface area contributed by atoms with Gasteiger partial charge in [-0.1, -0.05) is 11.2 Å². The fraction of sp³-hybridized carbons (Fsp3) is 0.211. The van der Waals surface area contributed by atoms with Crippen LogP contribution in [0.1, 0.15) is 11.3 Å². The molecule has 0 spiro atoms. The summed E-state index contributed by atoms with van der Waals surface area (Å²) in [5.74, 6) is 2.93. The van der Waals surface area contributed by atoms with Gasteiger partial charge in [-0.2, -0.15) is 0 Å². The maximum absolute atomic E-state index is 12.3. The Morgan fingerprint density at radius 2 is 1.89 bits per heavy atom. The van der Waals surface area contributed by atoms with Crippen molar-refractivity contribution in [3.05, 3.63) is 53.9 Å². The number of hydrogen-bond acceptors (Lipinski definition) is 7. The van der Waals surface area contributed by atoms with Crippen molar-refractivity contribution in [2.24, 2.45) is 0 Å². The van der Waals surface area contributed by atoms with E-state index in [1.54, 1.807) is 50.7 Å². The summed E-state index contributed by atoms with van der Waals surface area (Å²) in [6, 6.07) is 10.6. The van der Waals surface area contributed by atoms with Gasteiger partial charge in [0.2, 0.25) is 5.91 Å². The minimum absolute atomic E-state index is 0.156. The topological polar surface area (TPSA) is 98.5 Å². The Kier molecular flexibility index (Phi) is 5.55. The Labute approximate surface area is 156 Å². The molecule has 2 aromatic heterocycles. The first-order chi connectivity index (χ1) is 13.1. The van der Waals surface area contributed by atoms with Crippen molar-refractivity contribution in [2.45, 2.75) is 13.3 Å². The number of aromatic nitrogens is 2. The van der Waals surface area contributed by atoms with E-state index in [0.717, 1.165) is 5.56 Å². The van der Waals surface area contributed by atoms with E-state index in [4.69, 9.17) is 14.0 Å². The zero-order valence-corrected chi connectivity index (χ0v) is 15.3. The summed E-state index contributed by atoms with van der Waals surface area (Å²) >= 11 is 0. The minimum atomic E-state index is -0.156. The third kappa shape index (κ3) is 4.75. The van der Waals surface area contributed by atoms with Crippen LogP contribution < -0.4 is 20.1 Å². The Morgan fingerprint density at radius 1 is 1.07 bits per heavy atom. The molecular weight excluding hydrogens is 348 g/mol. The average molecular weight is 368 g/mol. The summed E-state index contributed by atoms with van der Waals surface area (Å²) in [4.78, 5) is 16.5. The molecule has 0 bridgehead atoms. The number of benzene rings is 1. The quantitative estimate of drug-likeness (QED) is 0.660. The Balaban J connectivity index is 1.59. The highest BCUT2D eigenvalue weighted by molar-refractivity contribution is 5.92. The second-order valence-electron chi connectivity index (χ2n) is 5.79. The highest BCUT2D eigenvalue weighted by atomic mass is 16.5. The van der Waals surface area contributed by atoms with E-state index in [1.807, 2.05) is 13.0 Å². The fourth-order valence-electron chi connectivity index (χ4n) is 2.48. The fourth-order valence-corrected chi connectivity index (χ4v) is 2.48. The van der Waals surface area contributed by atoms with Gasteiger partial charge in [0, 0.05) is 6.07 Å². The van der Waals surface area contributed by atoms with Gasteiger partial charge in [0.1, 0.15) is 11.6 Å². The summed E-state index contributed by atoms with van der Waals surface area (Å²) in [5, 5.41) is 9.67. The number of methoxy groups -OCH3 is 2. The summed E-state index contributed by atoms with van der Waals surface area (Å²) in [6.07, 6.45) is 1.78. The molecule has 8 heteroatoms. The van der Waals surface area contributed by atoms with Crippen LogP contribution >= 0.6 is 0 Å². The van der Waals surface area contributed by atoms with Gasteiger partial charge in [-0.05, 0) is 36.8 Å². The van der Waals surface area contributed by atoms with Crippen LogP contribution in [0.25, 0.3) is 0 Å². The summed E-state index contributed by atoms with van der Waals surface area (Å²) in [5.41, 5.74) is 1.42. The lowest BCUT2D eigenvalue weighted by atomic mass is 10.1. The molecular formula is C19H20N4O4. The number of amides is 1. The average Bonchev–Trinajstić information content (AvgIpc) is 3.08. The van der Waals surface area contributed by atoms with Crippen molar-refractivity contribution in [3.8, 4) is 11.5 Å². The molecule has 1 aromatic carbocycles. The highest BCUT2D eigenvalue weighted by Gasteiger charge is 2.09. The van der Waals surface area contributed by atoms with Crippen molar-refractivity contribution >= 4 is 23.2 Å². The molecule has 0 radical (unpaired) electrons. The largest absolute Gasteiger partial charge is 0.493 e. The SMILES string of the molecule is COc1ccc(CC(=O)Nc2ccc(Nc3cc(C)on3)nc2)cc1OC. The van der Waals surface area contributed by atoms with Crippen LogP contribution in [0.5, 0.6) is 11.5 Å². The number of nitrogens with zero attached hydrogens (tertiary/aromatic N) is 2. The predicted octanol–water partition coefficient (Wildman–Crippen LogP) is 3.32. The molecule has 0 atom stereocenters. The Bertz CT molecular complexity index is 922. The monoisotopic (exact) mass is 368 g/mol. The van der Waals surface area contributed by atoms with Gasteiger partial charge >= 0.3 is 0 Å². The molecule has 0 aliphatic rings. The number of ether oxygens (including phenoxy) is 2. The molecule has 140 valence electrons. The number of pyridine rings is 1. The van der Waals surface area contributed by atoms with E-state index < -0.39 is 0 Å². The molecule has 0 aliphatic carbocycles. The number of hydrogen-bond donors (Lipinski definition) is 2. The first kappa shape index (κ1) is 18.2. The van der Waals surface area contributed by atoms with E-state index in [9.17, 15) is 4.79 Å². The molecule has 3 aromatic rings. The predicted molar refractivity (Wildman–Crippen MR) is 101 cm³/mol. The molecule has 8 nitrogen and oxygen atoms in total. The van der Waals surface area contributed by atoms with Crippen LogP contribution in [-0.2, 0) is 11.2 Å². The standard InChI is InChI=1S/C19H20N4O4/c1-12-8-18(23-27-12)22-17-7-5-14(11-20-17)21-19(24)10-13-4-6-15(25-2)16(9-13)26-3/h4-9,11H,10H2,1-3H3,(H,21,24)(H,20,22,23). The van der Waals surface area contributed by atoms with Crippen molar-refractivity contribution in [2.75, 3.05) is 24.9 Å². The first-order valence-electron chi connectivity index (χ1n) is 8.24. The van der Waals surface area contributed by atoms with E-state index in [2.05, 4.69) is 20.8 Å². The van der Waals surface area contributed by atoms with Crippen LogP contribution in [0.15, 0.2) is 47.1 Å². The lowest BCUT2D eigenvalue weighted by Gasteiger charge is -2.10. The third-order valence-electron chi connectivity index (χ3n) is 3.74. The lowest BCUT2D eigenvalue weighted by molar-refractivity contribution is -0.115. The van der Waals surface area contributed by atoms with Gasteiger partial charge < -0.3 is 24.6 Å². The van der Waals surface area contributed by atoms with Crippen LogP contribution in [0, 0.1) is 6.92 Å². The van der Waals surface area contributed by atoms with E-state index in [-0.39, 0.29) is 12.3 Å². The van der Waals surface area contributed by atoms with Crippen molar-refractivity contribution in [1.29, 1.82) is 0 Å². The van der Waals surface area contributed by atoms with Crippen LogP contribution in [0.4, 0.5) is 17.3 Å². The van der Waals surface area contributed by atoms with Gasteiger partial charge in [0.05, 0.1) is 32.5 Å². The van der Waals surface area contributed by atoms with Crippen LogP contribution in [-0.4, -0.2) is 30.3 Å². The maximum Gasteiger partial charge on any atom is 0.228 e. The molecule has 27 heavy (non-hydrogen) atoms. The van der Waals surface area contributed by atoms with E-state index in [1.165, 1.54) is 0 Å².